The number of rotatable bonds is 8. The molecule has 0 unspecified atom stereocenters. The van der Waals surface area contributed by atoms with Gasteiger partial charge in [-0.05, 0) is 83.3 Å². The monoisotopic (exact) mass is 616 g/mol. The van der Waals surface area contributed by atoms with Crippen molar-refractivity contribution in [2.24, 2.45) is 0 Å². The van der Waals surface area contributed by atoms with Crippen molar-refractivity contribution in [1.82, 2.24) is 0 Å². The number of halogens is 2. The van der Waals surface area contributed by atoms with Crippen molar-refractivity contribution in [2.45, 2.75) is 13.8 Å². The number of thiophene rings is 3. The van der Waals surface area contributed by atoms with E-state index >= 15 is 0 Å². The summed E-state index contributed by atoms with van der Waals surface area (Å²) in [4.78, 5) is 3.57. The summed E-state index contributed by atoms with van der Waals surface area (Å²) in [5.74, 6) is 0. The minimum Gasteiger partial charge on any atom is -0.319 e. The van der Waals surface area contributed by atoms with Gasteiger partial charge in [-0.2, -0.15) is 0 Å². The van der Waals surface area contributed by atoms with Crippen LogP contribution in [0.3, 0.4) is 0 Å². The zero-order valence-corrected chi connectivity index (χ0v) is 23.6. The summed E-state index contributed by atoms with van der Waals surface area (Å²) < 4.78 is 40.9. The van der Waals surface area contributed by atoms with Crippen molar-refractivity contribution in [3.8, 4) is 19.5 Å². The zero-order valence-electron chi connectivity index (χ0n) is 16.2. The quantitative estimate of drug-likeness (QED) is 0.241. The van der Waals surface area contributed by atoms with Crippen LogP contribution in [0.1, 0.15) is 13.8 Å². The maximum Gasteiger partial charge on any atom is 0.363 e. The fourth-order valence-electron chi connectivity index (χ4n) is 2.88. The average molecular weight is 618 g/mol. The summed E-state index contributed by atoms with van der Waals surface area (Å²) in [6, 6.07) is 7.88. The van der Waals surface area contributed by atoms with E-state index in [0.29, 0.717) is 10.6 Å². The SMILES string of the molecule is CCOP(=O)(OCC)c1c(-c2ccc(Br)s2)sc(-c2ccc(Br)s2)c1P(C)(C)=O. The van der Waals surface area contributed by atoms with E-state index in [-0.39, 0.29) is 13.2 Å². The number of hydrogen-bond acceptors (Lipinski definition) is 7. The molecule has 158 valence electrons. The first-order valence-electron chi connectivity index (χ1n) is 8.74. The minimum atomic E-state index is -3.67. The second-order valence-corrected chi connectivity index (χ2v) is 17.4. The molecule has 0 spiro atoms. The Morgan fingerprint density at radius 2 is 1.24 bits per heavy atom. The summed E-state index contributed by atoms with van der Waals surface area (Å²) >= 11 is 11.6. The lowest BCUT2D eigenvalue weighted by Gasteiger charge is -2.21. The Balaban J connectivity index is 2.43. The van der Waals surface area contributed by atoms with E-state index in [1.54, 1.807) is 38.5 Å². The van der Waals surface area contributed by atoms with Crippen LogP contribution in [0.5, 0.6) is 0 Å². The second kappa shape index (κ2) is 9.51. The standard InChI is InChI=1S/C18H20Br2O4P2S3/c1-5-23-26(22,24-6-2)16-15(25(3,4)21)17(11-7-9-13(19)27-11)29-18(16)12-8-10-14(20)28-12/h7-10H,5-6H2,1-4H3. The third-order valence-electron chi connectivity index (χ3n) is 3.86. The lowest BCUT2D eigenvalue weighted by atomic mass is 10.3. The van der Waals surface area contributed by atoms with Gasteiger partial charge in [0, 0.05) is 15.1 Å². The van der Waals surface area contributed by atoms with Crippen LogP contribution in [-0.2, 0) is 18.2 Å². The Labute approximate surface area is 199 Å². The molecule has 3 rings (SSSR count). The van der Waals surface area contributed by atoms with Crippen LogP contribution in [-0.4, -0.2) is 26.5 Å². The molecule has 0 aliphatic rings. The van der Waals surface area contributed by atoms with Gasteiger partial charge < -0.3 is 13.6 Å². The van der Waals surface area contributed by atoms with Crippen LogP contribution in [0.4, 0.5) is 0 Å². The molecule has 3 aromatic rings. The Hall–Kier alpha value is 0.440. The molecule has 0 atom stereocenters. The fourth-order valence-corrected chi connectivity index (χ4v) is 12.6. The van der Waals surface area contributed by atoms with E-state index in [0.717, 1.165) is 27.1 Å². The van der Waals surface area contributed by atoms with Gasteiger partial charge in [0.05, 0.1) is 35.8 Å². The van der Waals surface area contributed by atoms with Crippen LogP contribution in [0.15, 0.2) is 31.8 Å². The van der Waals surface area contributed by atoms with Gasteiger partial charge >= 0.3 is 7.60 Å². The lowest BCUT2D eigenvalue weighted by molar-refractivity contribution is 0.230. The van der Waals surface area contributed by atoms with Gasteiger partial charge in [0.2, 0.25) is 0 Å². The molecule has 11 heteroatoms. The van der Waals surface area contributed by atoms with E-state index in [4.69, 9.17) is 9.05 Å². The summed E-state index contributed by atoms with van der Waals surface area (Å²) in [5.41, 5.74) is 0. The molecule has 0 amide bonds. The van der Waals surface area contributed by atoms with Gasteiger partial charge in [0.25, 0.3) is 0 Å². The second-order valence-electron chi connectivity index (χ2n) is 6.35. The van der Waals surface area contributed by atoms with Crippen molar-refractivity contribution in [2.75, 3.05) is 26.5 Å². The first-order chi connectivity index (χ1) is 13.6. The van der Waals surface area contributed by atoms with Crippen molar-refractivity contribution in [1.29, 1.82) is 0 Å². The number of hydrogen-bond donors (Lipinski definition) is 0. The molecule has 0 saturated carbocycles. The molecule has 3 aromatic heterocycles. The van der Waals surface area contributed by atoms with E-state index in [9.17, 15) is 9.13 Å². The predicted molar refractivity (Wildman–Crippen MR) is 136 cm³/mol. The topological polar surface area (TPSA) is 52.6 Å². The highest BCUT2D eigenvalue weighted by Gasteiger charge is 2.41. The predicted octanol–water partition coefficient (Wildman–Crippen LogP) is 7.87. The van der Waals surface area contributed by atoms with E-state index in [1.165, 1.54) is 22.7 Å². The van der Waals surface area contributed by atoms with Gasteiger partial charge in [-0.3, -0.25) is 4.57 Å². The molecular formula is C18H20Br2O4P2S3. The Morgan fingerprint density at radius 3 is 1.59 bits per heavy atom. The Kier molecular flexibility index (Phi) is 7.90. The molecule has 0 bridgehead atoms. The normalized spacial score (nSPS) is 12.6. The molecule has 0 aliphatic heterocycles. The zero-order chi connectivity index (χ0) is 21.4. The van der Waals surface area contributed by atoms with E-state index < -0.39 is 14.7 Å². The van der Waals surface area contributed by atoms with Crippen molar-refractivity contribution < 1.29 is 18.2 Å². The first kappa shape index (κ1) is 24.1. The van der Waals surface area contributed by atoms with Gasteiger partial charge in [-0.1, -0.05) is 0 Å². The average Bonchev–Trinajstić information content (AvgIpc) is 3.32. The van der Waals surface area contributed by atoms with Crippen molar-refractivity contribution >= 4 is 91.2 Å². The molecule has 0 radical (unpaired) electrons. The summed E-state index contributed by atoms with van der Waals surface area (Å²) in [7, 11) is -6.49. The highest BCUT2D eigenvalue weighted by molar-refractivity contribution is 9.11. The van der Waals surface area contributed by atoms with Crippen LogP contribution in [0, 0.1) is 0 Å². The molecule has 0 N–H and O–H groups in total. The van der Waals surface area contributed by atoms with E-state index in [2.05, 4.69) is 31.9 Å². The third kappa shape index (κ3) is 5.10. The van der Waals surface area contributed by atoms with Gasteiger partial charge in [-0.25, -0.2) is 0 Å². The maximum absolute atomic E-state index is 14.0. The van der Waals surface area contributed by atoms with Gasteiger partial charge in [0.1, 0.15) is 7.14 Å². The van der Waals surface area contributed by atoms with Crippen molar-refractivity contribution in [3.63, 3.8) is 0 Å². The molecule has 3 heterocycles. The van der Waals surface area contributed by atoms with Crippen LogP contribution in [0.25, 0.3) is 19.5 Å². The Morgan fingerprint density at radius 1 is 0.793 bits per heavy atom. The van der Waals surface area contributed by atoms with Crippen molar-refractivity contribution in [3.05, 3.63) is 31.8 Å². The Bertz CT molecular complexity index is 1100. The third-order valence-corrected chi connectivity index (χ3v) is 12.9. The molecule has 29 heavy (non-hydrogen) atoms. The molecule has 0 saturated heterocycles. The van der Waals surface area contributed by atoms with Crippen LogP contribution >= 0.6 is 80.6 Å². The maximum atomic E-state index is 14.0. The highest BCUT2D eigenvalue weighted by Crippen LogP contribution is 2.56. The summed E-state index contributed by atoms with van der Waals surface area (Å²) in [6.07, 6.45) is 0. The first-order valence-corrected chi connectivity index (χ1v) is 16.9. The highest BCUT2D eigenvalue weighted by atomic mass is 79.9. The van der Waals surface area contributed by atoms with Gasteiger partial charge in [0.15, 0.2) is 0 Å². The van der Waals surface area contributed by atoms with Crippen LogP contribution < -0.4 is 10.6 Å². The lowest BCUT2D eigenvalue weighted by Crippen LogP contribution is -2.26. The smallest absolute Gasteiger partial charge is 0.319 e. The summed E-state index contributed by atoms with van der Waals surface area (Å²) in [6.45, 7) is 7.46. The van der Waals surface area contributed by atoms with E-state index in [1.807, 2.05) is 24.3 Å². The largest absolute Gasteiger partial charge is 0.363 e. The molecule has 0 aliphatic carbocycles. The fraction of sp³-hybridized carbons (Fsp3) is 0.333. The summed E-state index contributed by atoms with van der Waals surface area (Å²) in [5, 5.41) is 1.05. The van der Waals surface area contributed by atoms with Gasteiger partial charge in [-0.15, -0.1) is 34.0 Å². The van der Waals surface area contributed by atoms with Crippen LogP contribution in [0.2, 0.25) is 0 Å². The minimum absolute atomic E-state index is 0.234. The molecule has 0 aromatic carbocycles. The molecule has 4 nitrogen and oxygen atoms in total. The molecule has 0 fully saturated rings. The molecular weight excluding hydrogens is 598 g/mol.